The molecule has 1 amide bonds. The zero-order chi connectivity index (χ0) is 11.8. The zero-order valence-electron chi connectivity index (χ0n) is 8.70. The number of hydrogen-bond acceptors (Lipinski definition) is 5. The van der Waals surface area contributed by atoms with Crippen molar-refractivity contribution in [3.8, 4) is 0 Å². The Morgan fingerprint density at radius 1 is 1.53 bits per heavy atom. The van der Waals surface area contributed by atoms with Gasteiger partial charge in [0.05, 0.1) is 17.3 Å². The Labute approximate surface area is 101 Å². The average molecular weight is 247 g/mol. The lowest BCUT2D eigenvalue weighted by atomic mass is 10.2. The van der Waals surface area contributed by atoms with Crippen molar-refractivity contribution in [2.45, 2.75) is 0 Å². The molecule has 0 spiro atoms. The SMILES string of the molecule is NC(=O)c1cnn2cccc2c1N1NC=CS1. The third-order valence-corrected chi connectivity index (χ3v) is 3.19. The molecule has 1 aliphatic heterocycles. The van der Waals surface area contributed by atoms with E-state index in [-0.39, 0.29) is 0 Å². The third-order valence-electron chi connectivity index (χ3n) is 2.43. The van der Waals surface area contributed by atoms with Gasteiger partial charge in [-0.05, 0) is 12.1 Å². The molecule has 86 valence electrons. The van der Waals surface area contributed by atoms with Crippen LogP contribution in [0.1, 0.15) is 10.4 Å². The number of nitrogens with one attached hydrogen (secondary N) is 1. The van der Waals surface area contributed by atoms with Gasteiger partial charge in [0.1, 0.15) is 5.69 Å². The summed E-state index contributed by atoms with van der Waals surface area (Å²) in [6.45, 7) is 0. The zero-order valence-corrected chi connectivity index (χ0v) is 9.52. The lowest BCUT2D eigenvalue weighted by Crippen LogP contribution is -2.27. The lowest BCUT2D eigenvalue weighted by molar-refractivity contribution is 0.100. The largest absolute Gasteiger partial charge is 0.365 e. The molecule has 0 fully saturated rings. The molecule has 2 aromatic rings. The van der Waals surface area contributed by atoms with Gasteiger partial charge in [-0.25, -0.2) is 8.93 Å². The fraction of sp³-hybridized carbons (Fsp3) is 0. The third kappa shape index (κ3) is 1.51. The summed E-state index contributed by atoms with van der Waals surface area (Å²) in [4.78, 5) is 11.4. The van der Waals surface area contributed by atoms with E-state index in [4.69, 9.17) is 5.73 Å². The number of anilines is 1. The summed E-state index contributed by atoms with van der Waals surface area (Å²) in [5.74, 6) is -0.495. The molecule has 2 aromatic heterocycles. The highest BCUT2D eigenvalue weighted by molar-refractivity contribution is 8.03. The summed E-state index contributed by atoms with van der Waals surface area (Å²) in [7, 11) is 0. The number of hydrogen-bond donors (Lipinski definition) is 2. The summed E-state index contributed by atoms with van der Waals surface area (Å²) in [6, 6.07) is 3.75. The number of primary amides is 1. The summed E-state index contributed by atoms with van der Waals surface area (Å²) >= 11 is 1.44. The number of rotatable bonds is 2. The Hall–Kier alpha value is -2.15. The molecule has 3 N–H and O–H groups in total. The molecule has 0 saturated heterocycles. The van der Waals surface area contributed by atoms with E-state index in [9.17, 15) is 4.79 Å². The maximum absolute atomic E-state index is 11.4. The Morgan fingerprint density at radius 3 is 3.12 bits per heavy atom. The number of hydrazine groups is 1. The van der Waals surface area contributed by atoms with Gasteiger partial charge >= 0.3 is 0 Å². The molecule has 0 radical (unpaired) electrons. The van der Waals surface area contributed by atoms with Crippen LogP contribution in [0.25, 0.3) is 5.52 Å². The van der Waals surface area contributed by atoms with Crippen molar-refractivity contribution in [3.63, 3.8) is 0 Å². The Kier molecular flexibility index (Phi) is 2.19. The van der Waals surface area contributed by atoms with Crippen molar-refractivity contribution in [3.05, 3.63) is 41.7 Å². The minimum absolute atomic E-state index is 0.389. The van der Waals surface area contributed by atoms with Crippen molar-refractivity contribution in [1.29, 1.82) is 0 Å². The molecule has 0 atom stereocenters. The first-order valence-corrected chi connectivity index (χ1v) is 5.75. The Morgan fingerprint density at radius 2 is 2.41 bits per heavy atom. The van der Waals surface area contributed by atoms with E-state index in [1.165, 1.54) is 18.1 Å². The number of fused-ring (bicyclic) bond motifs is 1. The summed E-state index contributed by atoms with van der Waals surface area (Å²) < 4.78 is 3.47. The molecular formula is C10H9N5OS. The van der Waals surface area contributed by atoms with Crippen LogP contribution in [-0.2, 0) is 0 Å². The van der Waals surface area contributed by atoms with E-state index in [1.54, 1.807) is 15.1 Å². The van der Waals surface area contributed by atoms with Crippen LogP contribution in [0.5, 0.6) is 0 Å². The first kappa shape index (κ1) is 10.0. The first-order valence-electron chi connectivity index (χ1n) is 4.91. The van der Waals surface area contributed by atoms with Gasteiger partial charge in [0, 0.05) is 29.8 Å². The molecule has 0 bridgehead atoms. The fourth-order valence-electron chi connectivity index (χ4n) is 1.71. The van der Waals surface area contributed by atoms with E-state index in [1.807, 2.05) is 23.7 Å². The highest BCUT2D eigenvalue weighted by atomic mass is 32.2. The topological polar surface area (TPSA) is 75.7 Å². The van der Waals surface area contributed by atoms with Crippen molar-refractivity contribution < 1.29 is 4.79 Å². The second kappa shape index (κ2) is 3.70. The predicted molar refractivity (Wildman–Crippen MR) is 66.1 cm³/mol. The molecule has 0 aliphatic carbocycles. The van der Waals surface area contributed by atoms with Crippen LogP contribution in [-0.4, -0.2) is 15.5 Å². The number of amides is 1. The maximum Gasteiger partial charge on any atom is 0.252 e. The van der Waals surface area contributed by atoms with E-state index in [0.717, 1.165) is 5.52 Å². The highest BCUT2D eigenvalue weighted by Crippen LogP contribution is 2.31. The number of nitrogens with zero attached hydrogens (tertiary/aromatic N) is 3. The van der Waals surface area contributed by atoms with Gasteiger partial charge in [0.25, 0.3) is 5.91 Å². The van der Waals surface area contributed by atoms with E-state index >= 15 is 0 Å². The smallest absolute Gasteiger partial charge is 0.252 e. The van der Waals surface area contributed by atoms with Crippen LogP contribution < -0.4 is 15.6 Å². The van der Waals surface area contributed by atoms with E-state index in [2.05, 4.69) is 10.5 Å². The van der Waals surface area contributed by atoms with Gasteiger partial charge in [-0.3, -0.25) is 10.2 Å². The summed E-state index contributed by atoms with van der Waals surface area (Å²) in [5, 5.41) is 6.01. The van der Waals surface area contributed by atoms with Crippen LogP contribution in [0.15, 0.2) is 36.1 Å². The van der Waals surface area contributed by atoms with Crippen molar-refractivity contribution in [2.24, 2.45) is 5.73 Å². The second-order valence-electron chi connectivity index (χ2n) is 3.44. The van der Waals surface area contributed by atoms with Crippen LogP contribution >= 0.6 is 11.9 Å². The molecule has 0 saturated carbocycles. The van der Waals surface area contributed by atoms with Crippen LogP contribution in [0.3, 0.4) is 0 Å². The highest BCUT2D eigenvalue weighted by Gasteiger charge is 2.20. The summed E-state index contributed by atoms with van der Waals surface area (Å²) in [5.41, 5.74) is 10.3. The maximum atomic E-state index is 11.4. The van der Waals surface area contributed by atoms with E-state index in [0.29, 0.717) is 11.3 Å². The van der Waals surface area contributed by atoms with Gasteiger partial charge in [0.2, 0.25) is 0 Å². The summed E-state index contributed by atoms with van der Waals surface area (Å²) in [6.07, 6.45) is 5.08. The fourth-order valence-corrected chi connectivity index (χ4v) is 2.37. The predicted octanol–water partition coefficient (Wildman–Crippen LogP) is 0.877. The molecule has 0 aromatic carbocycles. The Balaban J connectivity index is 2.25. The molecule has 7 heteroatoms. The van der Waals surface area contributed by atoms with Gasteiger partial charge in [-0.2, -0.15) is 5.10 Å². The van der Waals surface area contributed by atoms with Gasteiger partial charge < -0.3 is 5.73 Å². The molecule has 3 heterocycles. The quantitative estimate of drug-likeness (QED) is 0.770. The molecule has 3 rings (SSSR count). The minimum Gasteiger partial charge on any atom is -0.365 e. The first-order chi connectivity index (χ1) is 8.27. The van der Waals surface area contributed by atoms with Crippen molar-refractivity contribution >= 4 is 29.1 Å². The van der Waals surface area contributed by atoms with Gasteiger partial charge in [0.15, 0.2) is 0 Å². The van der Waals surface area contributed by atoms with Crippen LogP contribution in [0.2, 0.25) is 0 Å². The van der Waals surface area contributed by atoms with Crippen molar-refractivity contribution in [1.82, 2.24) is 15.0 Å². The normalized spacial score (nSPS) is 14.2. The number of carbonyl (C=O) groups excluding carboxylic acids is 1. The number of carbonyl (C=O) groups is 1. The van der Waals surface area contributed by atoms with Crippen molar-refractivity contribution in [2.75, 3.05) is 4.41 Å². The molecular weight excluding hydrogens is 238 g/mol. The standard InChI is InChI=1S/C10H9N5OS/c11-10(16)7-6-13-14-4-1-2-8(14)9(7)15-12-3-5-17-15/h1-6,12H,(H2,11,16). The molecule has 6 nitrogen and oxygen atoms in total. The van der Waals surface area contributed by atoms with E-state index < -0.39 is 5.91 Å². The average Bonchev–Trinajstić information content (AvgIpc) is 2.98. The molecule has 1 aliphatic rings. The minimum atomic E-state index is -0.495. The number of nitrogens with two attached hydrogens (primary N) is 1. The number of aromatic nitrogens is 2. The second-order valence-corrected chi connectivity index (χ2v) is 4.29. The monoisotopic (exact) mass is 247 g/mol. The lowest BCUT2D eigenvalue weighted by Gasteiger charge is -2.19. The Bertz CT molecular complexity index is 612. The van der Waals surface area contributed by atoms with Crippen LogP contribution in [0, 0.1) is 0 Å². The molecule has 0 unspecified atom stereocenters. The van der Waals surface area contributed by atoms with Crippen LogP contribution in [0.4, 0.5) is 5.69 Å². The van der Waals surface area contributed by atoms with Gasteiger partial charge in [-0.1, -0.05) is 0 Å². The van der Waals surface area contributed by atoms with Gasteiger partial charge in [-0.15, -0.1) is 0 Å². The molecule has 17 heavy (non-hydrogen) atoms.